The maximum atomic E-state index is 12.4. The molecule has 0 bridgehead atoms. The number of nitrogens with zero attached hydrogens (tertiary/aromatic N) is 3. The van der Waals surface area contributed by atoms with Crippen molar-refractivity contribution in [3.63, 3.8) is 0 Å². The predicted octanol–water partition coefficient (Wildman–Crippen LogP) is 2.49. The van der Waals surface area contributed by atoms with Crippen LogP contribution >= 0.6 is 6.64 Å². The lowest BCUT2D eigenvalue weighted by Gasteiger charge is -2.27. The lowest BCUT2D eigenvalue weighted by molar-refractivity contribution is -0.149. The molecule has 5 unspecified atom stereocenters. The standard InChI is InChI=1S/C24H29N6O6PS/c1-5-16-11-18(35-22(16)30-13-26-19-20(30)27-24(25)28-21(19)31)12-33-37(38,36-17-9-7-6-8-10-17)29-15(4)23(32)34-14(2)3/h1,6-10,13-16,18,22H,11-12H2,2-4H3,(H,29,38)(H3,25,27,28,31). The molecule has 1 aromatic carbocycles. The van der Waals surface area contributed by atoms with Crippen LogP contribution in [-0.2, 0) is 30.6 Å². The average molecular weight is 561 g/mol. The molecule has 1 saturated heterocycles. The molecule has 0 saturated carbocycles. The Bertz CT molecular complexity index is 1440. The van der Waals surface area contributed by atoms with Crippen LogP contribution in [0.5, 0.6) is 5.75 Å². The van der Waals surface area contributed by atoms with E-state index in [9.17, 15) is 9.59 Å². The predicted molar refractivity (Wildman–Crippen MR) is 145 cm³/mol. The van der Waals surface area contributed by atoms with Crippen molar-refractivity contribution in [3.05, 3.63) is 47.0 Å². The molecule has 4 rings (SSSR count). The number of imidazole rings is 1. The van der Waals surface area contributed by atoms with E-state index in [1.165, 1.54) is 6.33 Å². The molecule has 0 radical (unpaired) electrons. The van der Waals surface area contributed by atoms with Crippen molar-refractivity contribution in [2.45, 2.75) is 51.7 Å². The number of aromatic nitrogens is 4. The van der Waals surface area contributed by atoms with Crippen LogP contribution in [0.4, 0.5) is 5.95 Å². The first kappa shape index (κ1) is 27.8. The zero-order chi connectivity index (χ0) is 27.4. The number of aromatic amines is 1. The van der Waals surface area contributed by atoms with Crippen molar-refractivity contribution in [1.82, 2.24) is 24.6 Å². The first-order valence-corrected chi connectivity index (χ1v) is 14.5. The van der Waals surface area contributed by atoms with Gasteiger partial charge in [0.1, 0.15) is 11.8 Å². The van der Waals surface area contributed by atoms with Gasteiger partial charge in [-0.2, -0.15) is 4.98 Å². The lowest BCUT2D eigenvalue weighted by atomic mass is 10.0. The van der Waals surface area contributed by atoms with Crippen molar-refractivity contribution >= 4 is 41.5 Å². The zero-order valence-electron chi connectivity index (χ0n) is 21.1. The molecule has 4 N–H and O–H groups in total. The fourth-order valence-corrected chi connectivity index (χ4v) is 6.35. The Labute approximate surface area is 224 Å². The largest absolute Gasteiger partial charge is 0.462 e. The highest BCUT2D eigenvalue weighted by Crippen LogP contribution is 2.46. The molecule has 2 aromatic heterocycles. The number of hydrogen-bond acceptors (Lipinski definition) is 10. The average Bonchev–Trinajstić information content (AvgIpc) is 3.46. The molecule has 1 fully saturated rings. The van der Waals surface area contributed by atoms with E-state index in [0.717, 1.165) is 0 Å². The number of terminal acetylenes is 1. The van der Waals surface area contributed by atoms with Gasteiger partial charge >= 0.3 is 12.6 Å². The number of fused-ring (bicyclic) bond motifs is 1. The Hall–Kier alpha value is -3.27. The van der Waals surface area contributed by atoms with Gasteiger partial charge < -0.3 is 24.3 Å². The summed E-state index contributed by atoms with van der Waals surface area (Å²) in [6, 6.07) is 8.14. The number of ether oxygens (including phenoxy) is 2. The van der Waals surface area contributed by atoms with Gasteiger partial charge in [0.2, 0.25) is 5.95 Å². The van der Waals surface area contributed by atoms with Gasteiger partial charge in [-0.1, -0.05) is 24.1 Å². The summed E-state index contributed by atoms with van der Waals surface area (Å²) in [6.45, 7) is 1.93. The number of carbonyl (C=O) groups is 1. The number of nitrogens with two attached hydrogens (primary N) is 1. The van der Waals surface area contributed by atoms with Crippen LogP contribution in [0.25, 0.3) is 11.2 Å². The van der Waals surface area contributed by atoms with E-state index in [0.29, 0.717) is 12.2 Å². The minimum Gasteiger partial charge on any atom is -0.462 e. The quantitative estimate of drug-likeness (QED) is 0.190. The van der Waals surface area contributed by atoms with E-state index in [-0.39, 0.29) is 35.7 Å². The Morgan fingerprint density at radius 1 is 1.39 bits per heavy atom. The smallest absolute Gasteiger partial charge is 0.323 e. The third-order valence-corrected chi connectivity index (χ3v) is 8.09. The monoisotopic (exact) mass is 560 g/mol. The number of anilines is 1. The van der Waals surface area contributed by atoms with Crippen molar-refractivity contribution in [1.29, 1.82) is 0 Å². The molecule has 0 spiro atoms. The van der Waals surface area contributed by atoms with Gasteiger partial charge in [0, 0.05) is 0 Å². The van der Waals surface area contributed by atoms with Crippen LogP contribution in [0.2, 0.25) is 0 Å². The van der Waals surface area contributed by atoms with E-state index in [1.807, 2.05) is 6.07 Å². The molecule has 1 aliphatic rings. The van der Waals surface area contributed by atoms with Gasteiger partial charge in [0.15, 0.2) is 17.4 Å². The van der Waals surface area contributed by atoms with Crippen LogP contribution in [0.15, 0.2) is 41.5 Å². The molecule has 3 heterocycles. The second kappa shape index (κ2) is 11.6. The molecule has 202 valence electrons. The maximum Gasteiger partial charge on any atom is 0.323 e. The molecule has 1 aliphatic heterocycles. The second-order valence-corrected chi connectivity index (χ2v) is 12.1. The van der Waals surface area contributed by atoms with Gasteiger partial charge in [0.25, 0.3) is 5.56 Å². The summed E-state index contributed by atoms with van der Waals surface area (Å²) in [6.07, 6.45) is 6.26. The molecular formula is C24H29N6O6PS. The Kier molecular flexibility index (Phi) is 8.50. The number of rotatable bonds is 10. The van der Waals surface area contributed by atoms with Crippen LogP contribution in [0.3, 0.4) is 0 Å². The number of esters is 1. The van der Waals surface area contributed by atoms with E-state index in [2.05, 4.69) is 26.0 Å². The van der Waals surface area contributed by atoms with Gasteiger partial charge in [-0.25, -0.2) is 10.1 Å². The van der Waals surface area contributed by atoms with E-state index in [4.69, 9.17) is 42.5 Å². The summed E-state index contributed by atoms with van der Waals surface area (Å²) < 4.78 is 25.2. The molecule has 14 heteroatoms. The number of para-hydroxylation sites is 1. The summed E-state index contributed by atoms with van der Waals surface area (Å²) in [4.78, 5) is 35.4. The van der Waals surface area contributed by atoms with Crippen molar-refractivity contribution < 1.29 is 23.3 Å². The summed E-state index contributed by atoms with van der Waals surface area (Å²) in [7, 11) is 0. The Balaban J connectivity index is 1.51. The summed E-state index contributed by atoms with van der Waals surface area (Å²) >= 11 is 5.76. The molecule has 5 atom stereocenters. The van der Waals surface area contributed by atoms with E-state index < -0.39 is 36.5 Å². The Morgan fingerprint density at radius 2 is 2.13 bits per heavy atom. The van der Waals surface area contributed by atoms with E-state index >= 15 is 0 Å². The molecule has 3 aromatic rings. The summed E-state index contributed by atoms with van der Waals surface area (Å²) in [5, 5.41) is 3.01. The third kappa shape index (κ3) is 6.40. The molecule has 12 nitrogen and oxygen atoms in total. The topological polar surface area (TPSA) is 156 Å². The van der Waals surface area contributed by atoms with Crippen LogP contribution in [0, 0.1) is 18.3 Å². The second-order valence-electron chi connectivity index (χ2n) is 8.97. The van der Waals surface area contributed by atoms with Crippen LogP contribution in [-0.4, -0.2) is 50.3 Å². The minimum absolute atomic E-state index is 0.0283. The molecule has 0 amide bonds. The minimum atomic E-state index is -3.25. The fourth-order valence-electron chi connectivity index (χ4n) is 3.91. The number of H-pyrrole nitrogens is 1. The molecule has 38 heavy (non-hydrogen) atoms. The number of nitrogens with one attached hydrogen (secondary N) is 2. The lowest BCUT2D eigenvalue weighted by Crippen LogP contribution is -2.36. The first-order chi connectivity index (χ1) is 18.1. The van der Waals surface area contributed by atoms with Crippen molar-refractivity contribution in [3.8, 4) is 18.1 Å². The normalized spacial score (nSPS) is 21.6. The third-order valence-electron chi connectivity index (χ3n) is 5.59. The van der Waals surface area contributed by atoms with Gasteiger partial charge in [-0.3, -0.25) is 19.1 Å². The Morgan fingerprint density at radius 3 is 2.82 bits per heavy atom. The van der Waals surface area contributed by atoms with Gasteiger partial charge in [0.05, 0.1) is 31.1 Å². The molecular weight excluding hydrogens is 531 g/mol. The van der Waals surface area contributed by atoms with Crippen molar-refractivity contribution in [2.24, 2.45) is 5.92 Å². The van der Waals surface area contributed by atoms with Gasteiger partial charge in [-0.15, -0.1) is 6.42 Å². The van der Waals surface area contributed by atoms with Gasteiger partial charge in [-0.05, 0) is 51.1 Å². The van der Waals surface area contributed by atoms with Crippen molar-refractivity contribution in [2.75, 3.05) is 12.3 Å². The number of nitrogen functional groups attached to an aromatic ring is 1. The maximum absolute atomic E-state index is 12.4. The molecule has 0 aliphatic carbocycles. The number of benzene rings is 1. The number of hydrogen-bond donors (Lipinski definition) is 3. The summed E-state index contributed by atoms with van der Waals surface area (Å²) in [5.74, 6) is 2.32. The van der Waals surface area contributed by atoms with Crippen LogP contribution in [0.1, 0.15) is 33.4 Å². The highest BCUT2D eigenvalue weighted by atomic mass is 32.5. The zero-order valence-corrected chi connectivity index (χ0v) is 22.8. The number of carbonyl (C=O) groups excluding carboxylic acids is 1. The fraction of sp³-hybridized carbons (Fsp3) is 0.417. The highest BCUT2D eigenvalue weighted by Gasteiger charge is 2.38. The van der Waals surface area contributed by atoms with Crippen LogP contribution < -0.4 is 20.9 Å². The first-order valence-electron chi connectivity index (χ1n) is 11.9. The van der Waals surface area contributed by atoms with E-state index in [1.54, 1.807) is 49.6 Å². The highest BCUT2D eigenvalue weighted by molar-refractivity contribution is 8.09. The summed E-state index contributed by atoms with van der Waals surface area (Å²) in [5.41, 5.74) is 5.64. The SMILES string of the molecule is C#CC1CC(COP(=S)(NC(C)C(=O)OC(C)C)Oc2ccccc2)OC1n1cnc2c(=O)[nH]c(N)nc21.